The van der Waals surface area contributed by atoms with Crippen molar-refractivity contribution in [1.82, 2.24) is 5.32 Å². The first kappa shape index (κ1) is 12.3. The largest absolute Gasteiger partial charge is 0.392 e. The molecule has 4 unspecified atom stereocenters. The zero-order chi connectivity index (χ0) is 11.6. The van der Waals surface area contributed by atoms with Gasteiger partial charge in [0.25, 0.3) is 0 Å². The van der Waals surface area contributed by atoms with Crippen LogP contribution < -0.4 is 5.32 Å². The molecule has 2 rings (SSSR count). The molecular formula is C13H25NO2. The lowest BCUT2D eigenvalue weighted by Crippen LogP contribution is -2.55. The van der Waals surface area contributed by atoms with E-state index in [1.54, 1.807) is 0 Å². The van der Waals surface area contributed by atoms with E-state index in [2.05, 4.69) is 19.2 Å². The molecule has 1 heterocycles. The lowest BCUT2D eigenvalue weighted by Gasteiger charge is -2.35. The third-order valence-electron chi connectivity index (χ3n) is 4.38. The van der Waals surface area contributed by atoms with Crippen LogP contribution in [0, 0.1) is 0 Å². The van der Waals surface area contributed by atoms with Gasteiger partial charge in [0.1, 0.15) is 0 Å². The van der Waals surface area contributed by atoms with Crippen molar-refractivity contribution < 1.29 is 9.84 Å². The molecule has 3 heteroatoms. The van der Waals surface area contributed by atoms with Gasteiger partial charge in [-0.1, -0.05) is 19.3 Å². The fourth-order valence-electron chi connectivity index (χ4n) is 2.90. The van der Waals surface area contributed by atoms with Gasteiger partial charge in [0.2, 0.25) is 0 Å². The van der Waals surface area contributed by atoms with Gasteiger partial charge in [-0.3, -0.25) is 0 Å². The van der Waals surface area contributed by atoms with Crippen molar-refractivity contribution >= 4 is 0 Å². The number of ether oxygens (including phenoxy) is 1. The van der Waals surface area contributed by atoms with Gasteiger partial charge in [0, 0.05) is 18.2 Å². The Morgan fingerprint density at radius 1 is 1.25 bits per heavy atom. The van der Waals surface area contributed by atoms with Crippen molar-refractivity contribution in [3.8, 4) is 0 Å². The van der Waals surface area contributed by atoms with E-state index >= 15 is 0 Å². The fourth-order valence-corrected chi connectivity index (χ4v) is 2.90. The molecule has 1 aliphatic heterocycles. The molecule has 2 aliphatic rings. The summed E-state index contributed by atoms with van der Waals surface area (Å²) in [5, 5.41) is 13.8. The number of hydrogen-bond acceptors (Lipinski definition) is 3. The van der Waals surface area contributed by atoms with Gasteiger partial charge in [-0.25, -0.2) is 0 Å². The number of aliphatic hydroxyl groups excluding tert-OH is 1. The highest BCUT2D eigenvalue weighted by atomic mass is 16.5. The molecule has 16 heavy (non-hydrogen) atoms. The summed E-state index contributed by atoms with van der Waals surface area (Å²) in [5.41, 5.74) is 0.0516. The lowest BCUT2D eigenvalue weighted by molar-refractivity contribution is 0.0595. The minimum absolute atomic E-state index is 0.0516. The van der Waals surface area contributed by atoms with Gasteiger partial charge in [-0.15, -0.1) is 0 Å². The quantitative estimate of drug-likeness (QED) is 0.707. The van der Waals surface area contributed by atoms with E-state index in [1.165, 1.54) is 19.3 Å². The van der Waals surface area contributed by atoms with Crippen LogP contribution in [0.25, 0.3) is 0 Å². The highest BCUT2D eigenvalue weighted by molar-refractivity contribution is 4.97. The van der Waals surface area contributed by atoms with Gasteiger partial charge in [0.15, 0.2) is 0 Å². The molecule has 94 valence electrons. The minimum atomic E-state index is -0.174. The molecule has 0 bridgehead atoms. The van der Waals surface area contributed by atoms with Crippen LogP contribution in [0.1, 0.15) is 52.4 Å². The van der Waals surface area contributed by atoms with Crippen molar-refractivity contribution in [3.63, 3.8) is 0 Å². The van der Waals surface area contributed by atoms with Crippen LogP contribution in [0.15, 0.2) is 0 Å². The third kappa shape index (κ3) is 2.58. The van der Waals surface area contributed by atoms with Crippen LogP contribution in [-0.4, -0.2) is 35.5 Å². The van der Waals surface area contributed by atoms with E-state index < -0.39 is 0 Å². The molecule has 4 atom stereocenters. The van der Waals surface area contributed by atoms with E-state index in [4.69, 9.17) is 4.74 Å². The molecule has 1 aliphatic carbocycles. The zero-order valence-electron chi connectivity index (χ0n) is 10.5. The highest BCUT2D eigenvalue weighted by Gasteiger charge is 2.39. The zero-order valence-corrected chi connectivity index (χ0v) is 10.5. The number of rotatable bonds is 2. The Morgan fingerprint density at radius 3 is 2.69 bits per heavy atom. The SMILES string of the molecule is CC1OCCC1(C)NC1CCCCCC1O. The molecular weight excluding hydrogens is 202 g/mol. The Morgan fingerprint density at radius 2 is 2.00 bits per heavy atom. The predicted molar refractivity (Wildman–Crippen MR) is 64.5 cm³/mol. The molecule has 2 fully saturated rings. The van der Waals surface area contributed by atoms with E-state index in [-0.39, 0.29) is 23.8 Å². The second kappa shape index (κ2) is 5.03. The van der Waals surface area contributed by atoms with Gasteiger partial charge < -0.3 is 15.2 Å². The fraction of sp³-hybridized carbons (Fsp3) is 1.00. The van der Waals surface area contributed by atoms with Gasteiger partial charge in [-0.05, 0) is 33.1 Å². The van der Waals surface area contributed by atoms with Crippen molar-refractivity contribution in [2.45, 2.75) is 76.2 Å². The van der Waals surface area contributed by atoms with Crippen LogP contribution >= 0.6 is 0 Å². The van der Waals surface area contributed by atoms with Crippen LogP contribution in [0.5, 0.6) is 0 Å². The van der Waals surface area contributed by atoms with E-state index in [0.717, 1.165) is 25.9 Å². The molecule has 0 radical (unpaired) electrons. The summed E-state index contributed by atoms with van der Waals surface area (Å²) in [5.74, 6) is 0. The Bertz CT molecular complexity index is 234. The Labute approximate surface area is 98.6 Å². The monoisotopic (exact) mass is 227 g/mol. The van der Waals surface area contributed by atoms with Crippen LogP contribution in [0.3, 0.4) is 0 Å². The smallest absolute Gasteiger partial charge is 0.0726 e. The maximum absolute atomic E-state index is 10.1. The molecule has 0 spiro atoms. The molecule has 1 saturated heterocycles. The lowest BCUT2D eigenvalue weighted by atomic mass is 9.91. The van der Waals surface area contributed by atoms with Crippen molar-refractivity contribution in [1.29, 1.82) is 0 Å². The topological polar surface area (TPSA) is 41.5 Å². The average Bonchev–Trinajstić information content (AvgIpc) is 2.45. The molecule has 0 amide bonds. The maximum atomic E-state index is 10.1. The Hall–Kier alpha value is -0.120. The van der Waals surface area contributed by atoms with E-state index in [9.17, 15) is 5.11 Å². The molecule has 2 N–H and O–H groups in total. The molecule has 0 aromatic carbocycles. The Kier molecular flexibility index (Phi) is 3.88. The number of aliphatic hydroxyl groups is 1. The number of hydrogen-bond donors (Lipinski definition) is 2. The summed E-state index contributed by atoms with van der Waals surface area (Å²) in [6, 6.07) is 0.261. The molecule has 1 saturated carbocycles. The molecule has 0 aromatic rings. The van der Waals surface area contributed by atoms with Gasteiger partial charge >= 0.3 is 0 Å². The summed E-state index contributed by atoms with van der Waals surface area (Å²) in [4.78, 5) is 0. The van der Waals surface area contributed by atoms with Crippen LogP contribution in [-0.2, 0) is 4.74 Å². The summed E-state index contributed by atoms with van der Waals surface area (Å²) < 4.78 is 5.63. The summed E-state index contributed by atoms with van der Waals surface area (Å²) in [7, 11) is 0. The first-order chi connectivity index (χ1) is 7.62. The summed E-state index contributed by atoms with van der Waals surface area (Å²) in [6.07, 6.45) is 6.85. The Balaban J connectivity index is 1.96. The van der Waals surface area contributed by atoms with Crippen molar-refractivity contribution in [3.05, 3.63) is 0 Å². The van der Waals surface area contributed by atoms with E-state index in [0.29, 0.717) is 0 Å². The maximum Gasteiger partial charge on any atom is 0.0726 e. The number of nitrogens with one attached hydrogen (secondary N) is 1. The van der Waals surface area contributed by atoms with Gasteiger partial charge in [-0.2, -0.15) is 0 Å². The predicted octanol–water partition coefficient (Wildman–Crippen LogP) is 1.84. The highest BCUT2D eigenvalue weighted by Crippen LogP contribution is 2.28. The van der Waals surface area contributed by atoms with E-state index in [1.807, 2.05) is 0 Å². The second-order valence-corrected chi connectivity index (χ2v) is 5.64. The minimum Gasteiger partial charge on any atom is -0.392 e. The standard InChI is InChI=1S/C13H25NO2/c1-10-13(2,8-9-16-10)14-11-6-4-3-5-7-12(11)15/h10-12,14-15H,3-9H2,1-2H3. The first-order valence-corrected chi connectivity index (χ1v) is 6.69. The first-order valence-electron chi connectivity index (χ1n) is 6.69. The summed E-state index contributed by atoms with van der Waals surface area (Å²) in [6.45, 7) is 5.19. The third-order valence-corrected chi connectivity index (χ3v) is 4.38. The molecule has 0 aromatic heterocycles. The van der Waals surface area contributed by atoms with Crippen LogP contribution in [0.2, 0.25) is 0 Å². The summed E-state index contributed by atoms with van der Waals surface area (Å²) >= 11 is 0. The normalized spacial score (nSPS) is 45.6. The van der Waals surface area contributed by atoms with Crippen molar-refractivity contribution in [2.24, 2.45) is 0 Å². The second-order valence-electron chi connectivity index (χ2n) is 5.64. The average molecular weight is 227 g/mol. The van der Waals surface area contributed by atoms with Gasteiger partial charge in [0.05, 0.1) is 12.2 Å². The van der Waals surface area contributed by atoms with Crippen molar-refractivity contribution in [2.75, 3.05) is 6.61 Å². The molecule has 3 nitrogen and oxygen atoms in total. The van der Waals surface area contributed by atoms with Crippen LogP contribution in [0.4, 0.5) is 0 Å².